The number of ether oxygens (including phenoxy) is 2. The molecule has 0 spiro atoms. The SMILES string of the molecule is COc1cc2ncc3c(c2cc1-c1cnn(C)c1)N(c1c(F)cncc1OC)CN3. The van der Waals surface area contributed by atoms with E-state index in [0.717, 1.165) is 33.4 Å². The van der Waals surface area contributed by atoms with Crippen LogP contribution in [-0.4, -0.2) is 40.6 Å². The first-order chi connectivity index (χ1) is 14.6. The second-order valence-corrected chi connectivity index (χ2v) is 6.93. The normalized spacial score (nSPS) is 12.7. The van der Waals surface area contributed by atoms with E-state index in [1.54, 1.807) is 24.2 Å². The zero-order chi connectivity index (χ0) is 20.8. The molecule has 1 aliphatic heterocycles. The lowest BCUT2D eigenvalue weighted by Crippen LogP contribution is -2.19. The molecular formula is C21H19FN6O2. The summed E-state index contributed by atoms with van der Waals surface area (Å²) in [7, 11) is 4.99. The van der Waals surface area contributed by atoms with E-state index in [2.05, 4.69) is 20.4 Å². The van der Waals surface area contributed by atoms with Gasteiger partial charge in [0, 0.05) is 35.8 Å². The topological polar surface area (TPSA) is 77.3 Å². The minimum atomic E-state index is -0.463. The van der Waals surface area contributed by atoms with E-state index in [9.17, 15) is 4.39 Å². The fourth-order valence-electron chi connectivity index (χ4n) is 3.84. The highest BCUT2D eigenvalue weighted by Gasteiger charge is 2.29. The van der Waals surface area contributed by atoms with Gasteiger partial charge in [-0.25, -0.2) is 4.39 Å². The Morgan fingerprint density at radius 2 is 1.87 bits per heavy atom. The first-order valence-corrected chi connectivity index (χ1v) is 9.29. The molecule has 0 fully saturated rings. The highest BCUT2D eigenvalue weighted by atomic mass is 19.1. The van der Waals surface area contributed by atoms with Crippen LogP contribution in [0.25, 0.3) is 22.0 Å². The molecule has 9 heteroatoms. The summed E-state index contributed by atoms with van der Waals surface area (Å²) in [6.45, 7) is 0.377. The van der Waals surface area contributed by atoms with Gasteiger partial charge in [0.1, 0.15) is 11.4 Å². The molecule has 30 heavy (non-hydrogen) atoms. The standard InChI is InChI=1S/C21H19FN6O2/c1-27-10-12(6-26-27)13-4-14-16(5-18(13)29-2)24-8-17-20(14)28(11-25-17)21-15(22)7-23-9-19(21)30-3/h4-10,25H,11H2,1-3H3. The predicted octanol–water partition coefficient (Wildman–Crippen LogP) is 3.71. The number of nitrogens with zero attached hydrogens (tertiary/aromatic N) is 5. The van der Waals surface area contributed by atoms with E-state index < -0.39 is 5.82 Å². The first kappa shape index (κ1) is 18.2. The fourth-order valence-corrected chi connectivity index (χ4v) is 3.84. The van der Waals surface area contributed by atoms with Gasteiger partial charge in [-0.3, -0.25) is 14.6 Å². The van der Waals surface area contributed by atoms with Gasteiger partial charge in [-0.15, -0.1) is 0 Å². The Hall–Kier alpha value is -3.88. The van der Waals surface area contributed by atoms with Crippen LogP contribution in [0.1, 0.15) is 0 Å². The highest BCUT2D eigenvalue weighted by molar-refractivity contribution is 6.05. The van der Waals surface area contributed by atoms with E-state index in [1.807, 2.05) is 30.3 Å². The van der Waals surface area contributed by atoms with Crippen molar-refractivity contribution < 1.29 is 13.9 Å². The maximum Gasteiger partial charge on any atom is 0.168 e. The number of fused-ring (bicyclic) bond motifs is 3. The molecule has 0 amide bonds. The third-order valence-corrected chi connectivity index (χ3v) is 5.20. The maximum atomic E-state index is 14.8. The largest absolute Gasteiger partial charge is 0.496 e. The molecule has 0 saturated carbocycles. The lowest BCUT2D eigenvalue weighted by Gasteiger charge is -2.22. The summed E-state index contributed by atoms with van der Waals surface area (Å²) in [6.07, 6.45) is 8.13. The molecule has 0 aliphatic carbocycles. The zero-order valence-corrected chi connectivity index (χ0v) is 16.7. The Balaban J connectivity index is 1.77. The van der Waals surface area contributed by atoms with Gasteiger partial charge >= 0.3 is 0 Å². The number of hydrogen-bond donors (Lipinski definition) is 1. The van der Waals surface area contributed by atoms with Crippen LogP contribution in [-0.2, 0) is 7.05 Å². The summed E-state index contributed by atoms with van der Waals surface area (Å²) in [5, 5.41) is 8.41. The Labute approximate surface area is 171 Å². The van der Waals surface area contributed by atoms with Crippen LogP contribution in [0, 0.1) is 5.82 Å². The molecule has 4 aromatic rings. The molecule has 0 bridgehead atoms. The van der Waals surface area contributed by atoms with Crippen molar-refractivity contribution >= 4 is 28.0 Å². The molecule has 152 valence electrons. The number of nitrogens with one attached hydrogen (secondary N) is 1. The van der Waals surface area contributed by atoms with Gasteiger partial charge in [0.25, 0.3) is 0 Å². The molecule has 0 atom stereocenters. The van der Waals surface area contributed by atoms with Crippen LogP contribution in [0.4, 0.5) is 21.5 Å². The van der Waals surface area contributed by atoms with Crippen molar-refractivity contribution in [3.63, 3.8) is 0 Å². The number of aromatic nitrogens is 4. The van der Waals surface area contributed by atoms with Crippen molar-refractivity contribution in [2.24, 2.45) is 7.05 Å². The number of methoxy groups -OCH3 is 2. The van der Waals surface area contributed by atoms with Crippen LogP contribution in [0.15, 0.2) is 43.1 Å². The van der Waals surface area contributed by atoms with Crippen LogP contribution < -0.4 is 19.7 Å². The number of benzene rings is 1. The number of hydrogen-bond acceptors (Lipinski definition) is 7. The monoisotopic (exact) mass is 406 g/mol. The molecule has 0 radical (unpaired) electrons. The average molecular weight is 406 g/mol. The molecule has 0 unspecified atom stereocenters. The van der Waals surface area contributed by atoms with Crippen molar-refractivity contribution in [2.45, 2.75) is 0 Å². The van der Waals surface area contributed by atoms with Gasteiger partial charge in [-0.05, 0) is 6.07 Å². The molecule has 8 nitrogen and oxygen atoms in total. The van der Waals surface area contributed by atoms with Crippen LogP contribution in [0.5, 0.6) is 11.5 Å². The Bertz CT molecular complexity index is 1270. The summed E-state index contributed by atoms with van der Waals surface area (Å²) in [6, 6.07) is 3.89. The Morgan fingerprint density at radius 1 is 1.03 bits per heavy atom. The van der Waals surface area contributed by atoms with E-state index in [-0.39, 0.29) is 0 Å². The van der Waals surface area contributed by atoms with Gasteiger partial charge in [0.2, 0.25) is 0 Å². The smallest absolute Gasteiger partial charge is 0.168 e. The molecular weight excluding hydrogens is 387 g/mol. The minimum absolute atomic E-state index is 0.324. The number of rotatable bonds is 4. The number of pyridine rings is 2. The predicted molar refractivity (Wildman–Crippen MR) is 112 cm³/mol. The van der Waals surface area contributed by atoms with Crippen molar-refractivity contribution in [1.82, 2.24) is 19.7 Å². The van der Waals surface area contributed by atoms with Gasteiger partial charge in [0.15, 0.2) is 11.6 Å². The number of aryl methyl sites for hydroxylation is 1. The van der Waals surface area contributed by atoms with E-state index in [0.29, 0.717) is 23.9 Å². The van der Waals surface area contributed by atoms with Gasteiger partial charge in [-0.1, -0.05) is 0 Å². The summed E-state index contributed by atoms with van der Waals surface area (Å²) >= 11 is 0. The summed E-state index contributed by atoms with van der Waals surface area (Å²) in [4.78, 5) is 10.3. The van der Waals surface area contributed by atoms with Crippen LogP contribution >= 0.6 is 0 Å². The number of anilines is 3. The minimum Gasteiger partial charge on any atom is -0.496 e. The fraction of sp³-hybridized carbons (Fsp3) is 0.190. The molecule has 5 rings (SSSR count). The molecule has 3 aromatic heterocycles. The Kier molecular flexibility index (Phi) is 4.16. The van der Waals surface area contributed by atoms with Crippen LogP contribution in [0.2, 0.25) is 0 Å². The average Bonchev–Trinajstić information content (AvgIpc) is 3.38. The summed E-state index contributed by atoms with van der Waals surface area (Å²) in [5.41, 5.74) is 4.48. The highest BCUT2D eigenvalue weighted by Crippen LogP contribution is 2.47. The lowest BCUT2D eigenvalue weighted by atomic mass is 10.0. The second-order valence-electron chi connectivity index (χ2n) is 6.93. The van der Waals surface area contributed by atoms with Gasteiger partial charge < -0.3 is 19.7 Å². The quantitative estimate of drug-likeness (QED) is 0.554. The molecule has 1 N–H and O–H groups in total. The molecule has 4 heterocycles. The Morgan fingerprint density at radius 3 is 2.60 bits per heavy atom. The van der Waals surface area contributed by atoms with E-state index >= 15 is 0 Å². The third-order valence-electron chi connectivity index (χ3n) is 5.20. The lowest BCUT2D eigenvalue weighted by molar-refractivity contribution is 0.410. The van der Waals surface area contributed by atoms with Gasteiger partial charge in [0.05, 0.1) is 62.6 Å². The summed E-state index contributed by atoms with van der Waals surface area (Å²) in [5.74, 6) is 0.582. The summed E-state index contributed by atoms with van der Waals surface area (Å²) < 4.78 is 27.5. The van der Waals surface area contributed by atoms with E-state index in [1.165, 1.54) is 19.5 Å². The van der Waals surface area contributed by atoms with Crippen molar-refractivity contribution in [1.29, 1.82) is 0 Å². The van der Waals surface area contributed by atoms with E-state index in [4.69, 9.17) is 9.47 Å². The second kappa shape index (κ2) is 6.87. The van der Waals surface area contributed by atoms with Crippen molar-refractivity contribution in [3.05, 3.63) is 48.9 Å². The molecule has 0 saturated heterocycles. The zero-order valence-electron chi connectivity index (χ0n) is 16.7. The first-order valence-electron chi connectivity index (χ1n) is 9.29. The maximum absolute atomic E-state index is 14.8. The van der Waals surface area contributed by atoms with Crippen molar-refractivity contribution in [2.75, 3.05) is 31.1 Å². The van der Waals surface area contributed by atoms with Gasteiger partial charge in [-0.2, -0.15) is 5.10 Å². The third kappa shape index (κ3) is 2.70. The van der Waals surface area contributed by atoms with Crippen LogP contribution in [0.3, 0.4) is 0 Å². The molecule has 1 aromatic carbocycles. The van der Waals surface area contributed by atoms with Crippen molar-refractivity contribution in [3.8, 4) is 22.6 Å². The number of halogens is 1. The molecule has 1 aliphatic rings.